The summed E-state index contributed by atoms with van der Waals surface area (Å²) < 4.78 is 0. The van der Waals surface area contributed by atoms with E-state index in [0.29, 0.717) is 0 Å². The van der Waals surface area contributed by atoms with Crippen LogP contribution in [-0.2, 0) is 4.79 Å². The fraction of sp³-hybridized carbons (Fsp3) is 0.286. The summed E-state index contributed by atoms with van der Waals surface area (Å²) in [5.74, 6) is -0.593. The highest BCUT2D eigenvalue weighted by molar-refractivity contribution is 5.94. The average Bonchev–Trinajstić information content (AvgIpc) is 3.18. The van der Waals surface area contributed by atoms with Crippen LogP contribution in [0, 0.1) is 0 Å². The Morgan fingerprint density at radius 3 is 2.71 bits per heavy atom. The molecule has 0 unspecified atom stereocenters. The normalized spacial score (nSPS) is 13.7. The van der Waals surface area contributed by atoms with Crippen molar-refractivity contribution in [2.75, 3.05) is 6.54 Å². The van der Waals surface area contributed by atoms with Crippen molar-refractivity contribution in [3.05, 3.63) is 42.2 Å². The molecule has 1 aliphatic carbocycles. The molecule has 2 N–H and O–H groups in total. The zero-order chi connectivity index (χ0) is 14.7. The van der Waals surface area contributed by atoms with Crippen LogP contribution in [0.15, 0.2) is 36.5 Å². The van der Waals surface area contributed by atoms with Crippen LogP contribution in [0.5, 0.6) is 0 Å². The Morgan fingerprint density at radius 2 is 2.00 bits per heavy atom. The number of para-hydroxylation sites is 1. The number of benzene rings is 1. The van der Waals surface area contributed by atoms with Crippen molar-refractivity contribution in [1.29, 1.82) is 0 Å². The molecular formula is C14H15N5O2. The van der Waals surface area contributed by atoms with Gasteiger partial charge in [0.1, 0.15) is 0 Å². The van der Waals surface area contributed by atoms with Gasteiger partial charge in [-0.25, -0.2) is 0 Å². The summed E-state index contributed by atoms with van der Waals surface area (Å²) in [5, 5.41) is 13.5. The molecule has 1 aliphatic rings. The van der Waals surface area contributed by atoms with Gasteiger partial charge in [0.15, 0.2) is 5.69 Å². The van der Waals surface area contributed by atoms with Crippen LogP contribution in [0.1, 0.15) is 23.3 Å². The van der Waals surface area contributed by atoms with Crippen LogP contribution in [0.2, 0.25) is 0 Å². The summed E-state index contributed by atoms with van der Waals surface area (Å²) in [6.07, 6.45) is 3.41. The molecule has 1 saturated carbocycles. The van der Waals surface area contributed by atoms with Gasteiger partial charge in [0, 0.05) is 6.04 Å². The standard InChI is InChI=1S/C14H15N5O2/c20-13(17-10-6-7-10)9-15-14(21)12-8-16-19(18-12)11-4-2-1-3-5-11/h1-5,8,10H,6-7,9H2,(H,15,21)(H,17,20). The second-order valence-electron chi connectivity index (χ2n) is 4.88. The van der Waals surface area contributed by atoms with E-state index < -0.39 is 5.91 Å². The minimum atomic E-state index is -0.414. The van der Waals surface area contributed by atoms with E-state index in [-0.39, 0.29) is 24.2 Å². The van der Waals surface area contributed by atoms with E-state index in [4.69, 9.17) is 0 Å². The highest BCUT2D eigenvalue weighted by Crippen LogP contribution is 2.18. The first-order chi connectivity index (χ1) is 10.2. The second kappa shape index (κ2) is 5.74. The molecule has 0 atom stereocenters. The van der Waals surface area contributed by atoms with Gasteiger partial charge in [-0.1, -0.05) is 18.2 Å². The second-order valence-corrected chi connectivity index (χ2v) is 4.88. The molecule has 0 radical (unpaired) electrons. The van der Waals surface area contributed by atoms with Crippen molar-refractivity contribution in [2.24, 2.45) is 0 Å². The van der Waals surface area contributed by atoms with Crippen molar-refractivity contribution < 1.29 is 9.59 Å². The first-order valence-electron chi connectivity index (χ1n) is 6.78. The molecule has 108 valence electrons. The lowest BCUT2D eigenvalue weighted by Crippen LogP contribution is -2.38. The highest BCUT2D eigenvalue weighted by Gasteiger charge is 2.23. The van der Waals surface area contributed by atoms with Crippen LogP contribution in [-0.4, -0.2) is 39.4 Å². The molecule has 1 heterocycles. The van der Waals surface area contributed by atoms with E-state index in [1.54, 1.807) is 0 Å². The molecule has 3 rings (SSSR count). The first-order valence-corrected chi connectivity index (χ1v) is 6.78. The molecule has 0 spiro atoms. The number of hydrogen-bond acceptors (Lipinski definition) is 4. The van der Waals surface area contributed by atoms with E-state index >= 15 is 0 Å². The van der Waals surface area contributed by atoms with Gasteiger partial charge in [-0.2, -0.15) is 9.90 Å². The third-order valence-corrected chi connectivity index (χ3v) is 3.06. The smallest absolute Gasteiger partial charge is 0.273 e. The molecule has 1 aromatic carbocycles. The van der Waals surface area contributed by atoms with E-state index in [2.05, 4.69) is 20.8 Å². The number of nitrogens with zero attached hydrogens (tertiary/aromatic N) is 3. The van der Waals surface area contributed by atoms with Gasteiger partial charge in [-0.05, 0) is 25.0 Å². The molecule has 0 aliphatic heterocycles. The lowest BCUT2D eigenvalue weighted by atomic mass is 10.3. The SMILES string of the molecule is O=C(CNC(=O)c1cnn(-c2ccccc2)n1)NC1CC1. The van der Waals surface area contributed by atoms with Crippen LogP contribution >= 0.6 is 0 Å². The zero-order valence-electron chi connectivity index (χ0n) is 11.3. The largest absolute Gasteiger partial charge is 0.352 e. The molecule has 2 amide bonds. The summed E-state index contributed by atoms with van der Waals surface area (Å²) in [4.78, 5) is 24.8. The summed E-state index contributed by atoms with van der Waals surface area (Å²) in [7, 11) is 0. The van der Waals surface area contributed by atoms with Crippen LogP contribution < -0.4 is 10.6 Å². The Balaban J connectivity index is 1.57. The predicted octanol–water partition coefficient (Wildman–Crippen LogP) is 0.276. The molecule has 21 heavy (non-hydrogen) atoms. The summed E-state index contributed by atoms with van der Waals surface area (Å²) >= 11 is 0. The van der Waals surface area contributed by atoms with Gasteiger partial charge < -0.3 is 10.6 Å². The lowest BCUT2D eigenvalue weighted by molar-refractivity contribution is -0.120. The number of rotatable bonds is 5. The van der Waals surface area contributed by atoms with Gasteiger partial charge in [0.25, 0.3) is 5.91 Å². The third-order valence-electron chi connectivity index (χ3n) is 3.06. The summed E-state index contributed by atoms with van der Waals surface area (Å²) in [6.45, 7) is -0.0481. The summed E-state index contributed by atoms with van der Waals surface area (Å²) in [5.41, 5.74) is 0.945. The van der Waals surface area contributed by atoms with Gasteiger partial charge in [-0.3, -0.25) is 9.59 Å². The Labute approximate surface area is 121 Å². The van der Waals surface area contributed by atoms with E-state index in [0.717, 1.165) is 18.5 Å². The van der Waals surface area contributed by atoms with Crippen molar-refractivity contribution in [1.82, 2.24) is 25.6 Å². The average molecular weight is 285 g/mol. The number of amides is 2. The maximum absolute atomic E-state index is 11.9. The first kappa shape index (κ1) is 13.3. The minimum Gasteiger partial charge on any atom is -0.352 e. The number of carbonyl (C=O) groups excluding carboxylic acids is 2. The molecule has 1 aromatic heterocycles. The van der Waals surface area contributed by atoms with Gasteiger partial charge in [0.05, 0.1) is 18.4 Å². The maximum Gasteiger partial charge on any atom is 0.273 e. The van der Waals surface area contributed by atoms with E-state index in [9.17, 15) is 9.59 Å². The van der Waals surface area contributed by atoms with Crippen molar-refractivity contribution in [3.63, 3.8) is 0 Å². The van der Waals surface area contributed by atoms with Gasteiger partial charge in [0.2, 0.25) is 5.91 Å². The molecule has 0 saturated heterocycles. The van der Waals surface area contributed by atoms with Crippen molar-refractivity contribution >= 4 is 11.8 Å². The fourth-order valence-electron chi connectivity index (χ4n) is 1.81. The Morgan fingerprint density at radius 1 is 1.24 bits per heavy atom. The van der Waals surface area contributed by atoms with Gasteiger partial charge >= 0.3 is 0 Å². The van der Waals surface area contributed by atoms with Crippen LogP contribution in [0.3, 0.4) is 0 Å². The van der Waals surface area contributed by atoms with Gasteiger partial charge in [-0.15, -0.1) is 5.10 Å². The number of nitrogens with one attached hydrogen (secondary N) is 2. The lowest BCUT2D eigenvalue weighted by Gasteiger charge is -2.03. The Hall–Kier alpha value is -2.70. The predicted molar refractivity (Wildman–Crippen MR) is 74.9 cm³/mol. The number of aromatic nitrogens is 3. The summed E-state index contributed by atoms with van der Waals surface area (Å²) in [6, 6.07) is 9.57. The van der Waals surface area contributed by atoms with E-state index in [1.165, 1.54) is 11.0 Å². The highest BCUT2D eigenvalue weighted by atomic mass is 16.2. The van der Waals surface area contributed by atoms with Crippen molar-refractivity contribution in [2.45, 2.75) is 18.9 Å². The maximum atomic E-state index is 11.9. The third kappa shape index (κ3) is 3.44. The quantitative estimate of drug-likeness (QED) is 0.825. The topological polar surface area (TPSA) is 88.9 Å². The number of carbonyl (C=O) groups is 2. The molecular weight excluding hydrogens is 270 g/mol. The monoisotopic (exact) mass is 285 g/mol. The number of hydrogen-bond donors (Lipinski definition) is 2. The molecule has 1 fully saturated rings. The van der Waals surface area contributed by atoms with Crippen LogP contribution in [0.25, 0.3) is 5.69 Å². The minimum absolute atomic E-state index is 0.0481. The Bertz CT molecular complexity index is 648. The fourth-order valence-corrected chi connectivity index (χ4v) is 1.81. The molecule has 7 nitrogen and oxygen atoms in total. The Kier molecular flexibility index (Phi) is 3.63. The van der Waals surface area contributed by atoms with Crippen LogP contribution in [0.4, 0.5) is 0 Å². The zero-order valence-corrected chi connectivity index (χ0v) is 11.3. The van der Waals surface area contributed by atoms with E-state index in [1.807, 2.05) is 30.3 Å². The molecule has 7 heteroatoms. The molecule has 0 bridgehead atoms. The van der Waals surface area contributed by atoms with Crippen molar-refractivity contribution in [3.8, 4) is 5.69 Å². The molecule has 2 aromatic rings.